The molecular weight excluding hydrogens is 250 g/mol. The van der Waals surface area contributed by atoms with Crippen LogP contribution in [0, 0.1) is 0 Å². The first-order valence-electron chi connectivity index (χ1n) is 5.62. The molecular formula is C12H11N3O2S. The Morgan fingerprint density at radius 3 is 3.06 bits per heavy atom. The molecule has 5 nitrogen and oxygen atoms in total. The van der Waals surface area contributed by atoms with Crippen molar-refractivity contribution >= 4 is 17.3 Å². The van der Waals surface area contributed by atoms with Gasteiger partial charge in [-0.2, -0.15) is 11.3 Å². The van der Waals surface area contributed by atoms with Crippen LogP contribution in [-0.2, 0) is 13.0 Å². The third-order valence-electron chi connectivity index (χ3n) is 2.92. The highest BCUT2D eigenvalue weighted by Crippen LogP contribution is 2.23. The van der Waals surface area contributed by atoms with E-state index in [1.807, 2.05) is 16.8 Å². The first-order valence-corrected chi connectivity index (χ1v) is 6.56. The molecule has 0 radical (unpaired) electrons. The van der Waals surface area contributed by atoms with Crippen molar-refractivity contribution in [1.29, 1.82) is 0 Å². The number of rotatable bonds is 2. The van der Waals surface area contributed by atoms with E-state index in [4.69, 9.17) is 0 Å². The smallest absolute Gasteiger partial charge is 0.354 e. The third-order valence-corrected chi connectivity index (χ3v) is 3.60. The molecule has 3 rings (SSSR count). The van der Waals surface area contributed by atoms with Crippen molar-refractivity contribution < 1.29 is 9.90 Å². The van der Waals surface area contributed by atoms with E-state index in [1.165, 1.54) is 0 Å². The Balaban J connectivity index is 2.18. The minimum Gasteiger partial charge on any atom is -0.476 e. The topological polar surface area (TPSA) is 75.1 Å². The number of nitrogens with zero attached hydrogens (tertiary/aromatic N) is 2. The number of carboxylic acid groups (broad SMARTS) is 1. The van der Waals surface area contributed by atoms with Gasteiger partial charge in [-0.1, -0.05) is 0 Å². The van der Waals surface area contributed by atoms with Crippen molar-refractivity contribution in [3.8, 4) is 11.4 Å². The largest absolute Gasteiger partial charge is 0.476 e. The van der Waals surface area contributed by atoms with E-state index >= 15 is 0 Å². The van der Waals surface area contributed by atoms with Crippen LogP contribution in [0.15, 0.2) is 16.8 Å². The lowest BCUT2D eigenvalue weighted by atomic mass is 10.0. The van der Waals surface area contributed by atoms with Gasteiger partial charge in [0.25, 0.3) is 0 Å². The van der Waals surface area contributed by atoms with Gasteiger partial charge in [-0.25, -0.2) is 14.8 Å². The predicted molar refractivity (Wildman–Crippen MR) is 67.7 cm³/mol. The van der Waals surface area contributed by atoms with Crippen LogP contribution in [0.25, 0.3) is 11.4 Å². The van der Waals surface area contributed by atoms with Gasteiger partial charge in [-0.05, 0) is 11.4 Å². The highest BCUT2D eigenvalue weighted by atomic mass is 32.1. The lowest BCUT2D eigenvalue weighted by molar-refractivity contribution is 0.0688. The Labute approximate surface area is 108 Å². The van der Waals surface area contributed by atoms with Crippen LogP contribution in [0.4, 0.5) is 0 Å². The maximum absolute atomic E-state index is 11.3. The summed E-state index contributed by atoms with van der Waals surface area (Å²) in [5, 5.41) is 16.3. The van der Waals surface area contributed by atoms with Gasteiger partial charge < -0.3 is 10.4 Å². The Morgan fingerprint density at radius 1 is 1.44 bits per heavy atom. The van der Waals surface area contributed by atoms with Gasteiger partial charge in [0.05, 0.1) is 5.69 Å². The molecule has 1 aliphatic heterocycles. The SMILES string of the molecule is O=C(O)c1nc(-c2ccsc2)nc2c1CNCC2. The molecule has 2 aromatic heterocycles. The quantitative estimate of drug-likeness (QED) is 0.858. The Hall–Kier alpha value is -1.79. The predicted octanol–water partition coefficient (Wildman–Crippen LogP) is 1.55. The molecule has 0 aromatic carbocycles. The molecule has 18 heavy (non-hydrogen) atoms. The van der Waals surface area contributed by atoms with Crippen LogP contribution >= 0.6 is 11.3 Å². The van der Waals surface area contributed by atoms with Crippen LogP contribution < -0.4 is 5.32 Å². The van der Waals surface area contributed by atoms with E-state index in [0.717, 1.165) is 24.2 Å². The van der Waals surface area contributed by atoms with Crippen LogP contribution in [0.3, 0.4) is 0 Å². The normalized spacial score (nSPS) is 14.2. The fourth-order valence-corrected chi connectivity index (χ4v) is 2.68. The van der Waals surface area contributed by atoms with E-state index in [0.29, 0.717) is 17.9 Å². The van der Waals surface area contributed by atoms with Crippen LogP contribution in [-0.4, -0.2) is 27.6 Å². The third kappa shape index (κ3) is 1.89. The molecule has 3 heterocycles. The maximum Gasteiger partial charge on any atom is 0.354 e. The first kappa shape index (κ1) is 11.3. The van der Waals surface area contributed by atoms with Crippen LogP contribution in [0.5, 0.6) is 0 Å². The summed E-state index contributed by atoms with van der Waals surface area (Å²) in [6.45, 7) is 1.35. The fourth-order valence-electron chi connectivity index (χ4n) is 2.04. The summed E-state index contributed by atoms with van der Waals surface area (Å²) in [5.74, 6) is -0.483. The van der Waals surface area contributed by atoms with Gasteiger partial charge in [-0.3, -0.25) is 0 Å². The average molecular weight is 261 g/mol. The highest BCUT2D eigenvalue weighted by molar-refractivity contribution is 7.08. The molecule has 6 heteroatoms. The standard InChI is InChI=1S/C12H11N3O2S/c16-12(17)10-8-5-13-3-1-9(8)14-11(15-10)7-2-4-18-6-7/h2,4,6,13H,1,3,5H2,(H,16,17). The van der Waals surface area contributed by atoms with Gasteiger partial charge in [0, 0.05) is 36.0 Å². The number of carbonyl (C=O) groups is 1. The molecule has 92 valence electrons. The number of hydrogen-bond acceptors (Lipinski definition) is 5. The minimum absolute atomic E-state index is 0.119. The molecule has 1 aliphatic rings. The summed E-state index contributed by atoms with van der Waals surface area (Å²) in [4.78, 5) is 20.0. The lowest BCUT2D eigenvalue weighted by Crippen LogP contribution is -2.28. The molecule has 2 aromatic rings. The second-order valence-electron chi connectivity index (χ2n) is 4.07. The van der Waals surface area contributed by atoms with Gasteiger partial charge in [-0.15, -0.1) is 0 Å². The summed E-state index contributed by atoms with van der Waals surface area (Å²) in [7, 11) is 0. The number of fused-ring (bicyclic) bond motifs is 1. The van der Waals surface area contributed by atoms with Gasteiger partial charge in [0.15, 0.2) is 11.5 Å². The van der Waals surface area contributed by atoms with Crippen molar-refractivity contribution in [3.63, 3.8) is 0 Å². The van der Waals surface area contributed by atoms with E-state index in [2.05, 4.69) is 15.3 Å². The summed E-state index contributed by atoms with van der Waals surface area (Å²) in [6.07, 6.45) is 0.745. The molecule has 0 saturated carbocycles. The first-order chi connectivity index (χ1) is 8.75. The zero-order chi connectivity index (χ0) is 12.5. The van der Waals surface area contributed by atoms with E-state index in [-0.39, 0.29) is 5.69 Å². The Bertz CT molecular complexity index is 596. The molecule has 0 aliphatic carbocycles. The summed E-state index contributed by atoms with van der Waals surface area (Å²) >= 11 is 1.55. The van der Waals surface area contributed by atoms with Crippen LogP contribution in [0.1, 0.15) is 21.7 Å². The van der Waals surface area contributed by atoms with E-state index < -0.39 is 5.97 Å². The zero-order valence-corrected chi connectivity index (χ0v) is 10.3. The number of aromatic carboxylic acids is 1. The van der Waals surface area contributed by atoms with Crippen molar-refractivity contribution in [2.75, 3.05) is 6.54 Å². The van der Waals surface area contributed by atoms with Gasteiger partial charge in [0.1, 0.15) is 0 Å². The molecule has 0 spiro atoms. The number of aromatic nitrogens is 2. The lowest BCUT2D eigenvalue weighted by Gasteiger charge is -2.18. The Kier molecular flexibility index (Phi) is 2.81. The second kappa shape index (κ2) is 4.47. The average Bonchev–Trinajstić information content (AvgIpc) is 2.91. The maximum atomic E-state index is 11.3. The highest BCUT2D eigenvalue weighted by Gasteiger charge is 2.22. The molecule has 0 fully saturated rings. The van der Waals surface area contributed by atoms with Crippen molar-refractivity contribution in [3.05, 3.63) is 33.8 Å². The van der Waals surface area contributed by atoms with Crippen molar-refractivity contribution in [2.24, 2.45) is 0 Å². The minimum atomic E-state index is -0.992. The molecule has 0 amide bonds. The van der Waals surface area contributed by atoms with E-state index in [9.17, 15) is 9.90 Å². The second-order valence-corrected chi connectivity index (χ2v) is 4.85. The van der Waals surface area contributed by atoms with Gasteiger partial charge >= 0.3 is 5.97 Å². The number of thiophene rings is 1. The molecule has 0 saturated heterocycles. The molecule has 0 atom stereocenters. The summed E-state index contributed by atoms with van der Waals surface area (Å²) < 4.78 is 0. The number of hydrogen-bond donors (Lipinski definition) is 2. The molecule has 0 unspecified atom stereocenters. The van der Waals surface area contributed by atoms with Crippen molar-refractivity contribution in [2.45, 2.75) is 13.0 Å². The summed E-state index contributed by atoms with van der Waals surface area (Å²) in [6, 6.07) is 1.90. The Morgan fingerprint density at radius 2 is 2.33 bits per heavy atom. The zero-order valence-electron chi connectivity index (χ0n) is 9.51. The van der Waals surface area contributed by atoms with E-state index in [1.54, 1.807) is 11.3 Å². The number of carboxylic acids is 1. The molecule has 2 N–H and O–H groups in total. The van der Waals surface area contributed by atoms with Crippen LogP contribution in [0.2, 0.25) is 0 Å². The van der Waals surface area contributed by atoms with Gasteiger partial charge in [0.2, 0.25) is 0 Å². The fraction of sp³-hybridized carbons (Fsp3) is 0.250. The summed E-state index contributed by atoms with van der Waals surface area (Å²) in [5.41, 5.74) is 2.56. The molecule has 0 bridgehead atoms. The number of nitrogens with one attached hydrogen (secondary N) is 1. The van der Waals surface area contributed by atoms with Crippen molar-refractivity contribution in [1.82, 2.24) is 15.3 Å². The monoisotopic (exact) mass is 261 g/mol.